The van der Waals surface area contributed by atoms with Crippen LogP contribution in [0.3, 0.4) is 0 Å². The highest BCUT2D eigenvalue weighted by molar-refractivity contribution is 5.53. The minimum absolute atomic E-state index is 0.711. The Bertz CT molecular complexity index is 288. The van der Waals surface area contributed by atoms with E-state index in [0.717, 1.165) is 13.1 Å². The Balaban J connectivity index is 2.72. The lowest BCUT2D eigenvalue weighted by Gasteiger charge is -2.23. The maximum atomic E-state index is 5.33. The number of nitrogen functional groups attached to an aromatic ring is 1. The largest absolute Gasteiger partial charge is 0.372 e. The summed E-state index contributed by atoms with van der Waals surface area (Å²) < 4.78 is 0. The Morgan fingerprint density at radius 3 is 2.87 bits per heavy atom. The van der Waals surface area contributed by atoms with Gasteiger partial charge in [-0.05, 0) is 19.4 Å². The summed E-state index contributed by atoms with van der Waals surface area (Å²) in [6.07, 6.45) is 4.20. The molecule has 0 saturated carbocycles. The third-order valence-corrected chi connectivity index (χ3v) is 2.42. The summed E-state index contributed by atoms with van der Waals surface area (Å²) in [7, 11) is 0. The smallest absolute Gasteiger partial charge is 0.141 e. The van der Waals surface area contributed by atoms with E-state index in [4.69, 9.17) is 5.84 Å². The number of anilines is 2. The van der Waals surface area contributed by atoms with Gasteiger partial charge in [0.1, 0.15) is 5.82 Å². The summed E-state index contributed by atoms with van der Waals surface area (Å²) in [5.74, 6) is 6.04. The standard InChI is InChI=1S/C11H20N4/c1-3-5-8-15(4-2)10-6-7-13-11(9-10)14-12/h6-7,9H,3-5,8,12H2,1-2H3,(H,13,14). The molecular weight excluding hydrogens is 188 g/mol. The Morgan fingerprint density at radius 2 is 2.27 bits per heavy atom. The Labute approximate surface area is 91.5 Å². The molecule has 0 fully saturated rings. The molecule has 1 rings (SSSR count). The fourth-order valence-corrected chi connectivity index (χ4v) is 1.51. The van der Waals surface area contributed by atoms with Crippen molar-refractivity contribution >= 4 is 11.5 Å². The molecule has 0 radical (unpaired) electrons. The van der Waals surface area contributed by atoms with Crippen LogP contribution < -0.4 is 16.2 Å². The topological polar surface area (TPSA) is 54.2 Å². The molecule has 15 heavy (non-hydrogen) atoms. The number of hydrazine groups is 1. The van der Waals surface area contributed by atoms with Crippen LogP contribution in [0.25, 0.3) is 0 Å². The molecule has 1 heterocycles. The van der Waals surface area contributed by atoms with Crippen molar-refractivity contribution in [3.63, 3.8) is 0 Å². The second kappa shape index (κ2) is 6.24. The lowest BCUT2D eigenvalue weighted by atomic mass is 10.2. The molecule has 4 nitrogen and oxygen atoms in total. The molecule has 3 N–H and O–H groups in total. The molecule has 1 aromatic heterocycles. The first-order valence-electron chi connectivity index (χ1n) is 5.49. The number of nitrogens with two attached hydrogens (primary N) is 1. The number of nitrogens with zero attached hydrogens (tertiary/aromatic N) is 2. The van der Waals surface area contributed by atoms with Gasteiger partial charge in [-0.2, -0.15) is 0 Å². The number of rotatable bonds is 6. The van der Waals surface area contributed by atoms with Crippen molar-refractivity contribution in [2.24, 2.45) is 5.84 Å². The van der Waals surface area contributed by atoms with E-state index in [0.29, 0.717) is 5.82 Å². The molecule has 0 saturated heterocycles. The van der Waals surface area contributed by atoms with E-state index in [2.05, 4.69) is 29.2 Å². The van der Waals surface area contributed by atoms with Crippen molar-refractivity contribution in [1.82, 2.24) is 4.98 Å². The summed E-state index contributed by atoms with van der Waals surface area (Å²) in [5, 5.41) is 0. The number of hydrogen-bond acceptors (Lipinski definition) is 4. The quantitative estimate of drug-likeness (QED) is 0.554. The van der Waals surface area contributed by atoms with Gasteiger partial charge in [-0.25, -0.2) is 10.8 Å². The van der Waals surface area contributed by atoms with Crippen LogP contribution in [0.5, 0.6) is 0 Å². The van der Waals surface area contributed by atoms with Crippen LogP contribution in [0.15, 0.2) is 18.3 Å². The van der Waals surface area contributed by atoms with Crippen LogP contribution in [0.2, 0.25) is 0 Å². The number of nitrogens with one attached hydrogen (secondary N) is 1. The van der Waals surface area contributed by atoms with E-state index in [1.54, 1.807) is 6.20 Å². The molecular formula is C11H20N4. The lowest BCUT2D eigenvalue weighted by molar-refractivity contribution is 0.732. The molecule has 0 bridgehead atoms. The van der Waals surface area contributed by atoms with Crippen LogP contribution in [0.1, 0.15) is 26.7 Å². The monoisotopic (exact) mass is 208 g/mol. The zero-order chi connectivity index (χ0) is 11.1. The third-order valence-electron chi connectivity index (χ3n) is 2.42. The Hall–Kier alpha value is -1.29. The third kappa shape index (κ3) is 3.40. The molecule has 0 aliphatic heterocycles. The summed E-state index contributed by atoms with van der Waals surface area (Å²) in [5.41, 5.74) is 3.74. The molecule has 0 aliphatic rings. The minimum Gasteiger partial charge on any atom is -0.372 e. The number of pyridine rings is 1. The van der Waals surface area contributed by atoms with Gasteiger partial charge < -0.3 is 10.3 Å². The zero-order valence-electron chi connectivity index (χ0n) is 9.53. The van der Waals surface area contributed by atoms with Crippen LogP contribution >= 0.6 is 0 Å². The van der Waals surface area contributed by atoms with Crippen molar-refractivity contribution in [1.29, 1.82) is 0 Å². The highest BCUT2D eigenvalue weighted by atomic mass is 15.2. The van der Waals surface area contributed by atoms with E-state index in [-0.39, 0.29) is 0 Å². The predicted molar refractivity (Wildman–Crippen MR) is 64.8 cm³/mol. The average molecular weight is 208 g/mol. The van der Waals surface area contributed by atoms with Gasteiger partial charge in [-0.15, -0.1) is 0 Å². The maximum Gasteiger partial charge on any atom is 0.141 e. The molecule has 0 atom stereocenters. The Kier molecular flexibility index (Phi) is 4.90. The second-order valence-corrected chi connectivity index (χ2v) is 3.48. The zero-order valence-corrected chi connectivity index (χ0v) is 9.53. The van der Waals surface area contributed by atoms with Gasteiger partial charge in [-0.3, -0.25) is 0 Å². The molecule has 0 spiro atoms. The summed E-state index contributed by atoms with van der Waals surface area (Å²) in [6.45, 7) is 6.45. The minimum atomic E-state index is 0.711. The van der Waals surface area contributed by atoms with Crippen LogP contribution in [0.4, 0.5) is 11.5 Å². The molecule has 0 amide bonds. The summed E-state index contributed by atoms with van der Waals surface area (Å²) in [6, 6.07) is 3.99. The van der Waals surface area contributed by atoms with Crippen molar-refractivity contribution in [3.05, 3.63) is 18.3 Å². The predicted octanol–water partition coefficient (Wildman–Crippen LogP) is 1.99. The lowest BCUT2D eigenvalue weighted by Crippen LogP contribution is -2.24. The number of aromatic nitrogens is 1. The number of hydrogen-bond donors (Lipinski definition) is 2. The van der Waals surface area contributed by atoms with E-state index < -0.39 is 0 Å². The van der Waals surface area contributed by atoms with Crippen LogP contribution in [-0.4, -0.2) is 18.1 Å². The maximum absolute atomic E-state index is 5.33. The first-order valence-corrected chi connectivity index (χ1v) is 5.49. The van der Waals surface area contributed by atoms with Gasteiger partial charge in [0.15, 0.2) is 0 Å². The van der Waals surface area contributed by atoms with E-state index in [1.807, 2.05) is 12.1 Å². The first-order chi connectivity index (χ1) is 7.31. The molecule has 84 valence electrons. The molecule has 4 heteroatoms. The van der Waals surface area contributed by atoms with Gasteiger partial charge in [0.25, 0.3) is 0 Å². The van der Waals surface area contributed by atoms with Gasteiger partial charge in [0.2, 0.25) is 0 Å². The van der Waals surface area contributed by atoms with Crippen LogP contribution in [0, 0.1) is 0 Å². The summed E-state index contributed by atoms with van der Waals surface area (Å²) in [4.78, 5) is 6.42. The normalized spacial score (nSPS) is 10.1. The van der Waals surface area contributed by atoms with E-state index in [1.165, 1.54) is 18.5 Å². The van der Waals surface area contributed by atoms with Gasteiger partial charge in [0, 0.05) is 31.0 Å². The van der Waals surface area contributed by atoms with Gasteiger partial charge >= 0.3 is 0 Å². The number of unbranched alkanes of at least 4 members (excludes halogenated alkanes) is 1. The second-order valence-electron chi connectivity index (χ2n) is 3.48. The molecule has 0 aliphatic carbocycles. The molecule has 0 aromatic carbocycles. The van der Waals surface area contributed by atoms with Crippen molar-refractivity contribution in [2.75, 3.05) is 23.4 Å². The fraction of sp³-hybridized carbons (Fsp3) is 0.545. The van der Waals surface area contributed by atoms with E-state index >= 15 is 0 Å². The summed E-state index contributed by atoms with van der Waals surface area (Å²) >= 11 is 0. The van der Waals surface area contributed by atoms with Crippen molar-refractivity contribution in [2.45, 2.75) is 26.7 Å². The SMILES string of the molecule is CCCCN(CC)c1ccnc(NN)c1. The highest BCUT2D eigenvalue weighted by Gasteiger charge is 2.04. The Morgan fingerprint density at radius 1 is 1.47 bits per heavy atom. The molecule has 0 unspecified atom stereocenters. The van der Waals surface area contributed by atoms with E-state index in [9.17, 15) is 0 Å². The van der Waals surface area contributed by atoms with Gasteiger partial charge in [0.05, 0.1) is 0 Å². The first kappa shape index (κ1) is 11.8. The average Bonchev–Trinajstić information content (AvgIpc) is 2.30. The van der Waals surface area contributed by atoms with Crippen molar-refractivity contribution < 1.29 is 0 Å². The highest BCUT2D eigenvalue weighted by Crippen LogP contribution is 2.16. The van der Waals surface area contributed by atoms with Gasteiger partial charge in [-0.1, -0.05) is 13.3 Å². The molecule has 1 aromatic rings. The van der Waals surface area contributed by atoms with Crippen molar-refractivity contribution in [3.8, 4) is 0 Å². The van der Waals surface area contributed by atoms with Crippen LogP contribution in [-0.2, 0) is 0 Å². The fourth-order valence-electron chi connectivity index (χ4n) is 1.51.